The number of hydrogen-bond donors (Lipinski definition) is 1. The Morgan fingerprint density at radius 2 is 1.62 bits per heavy atom. The van der Waals surface area contributed by atoms with Crippen molar-refractivity contribution in [3.05, 3.63) is 67.0 Å². The number of aromatic nitrogens is 2. The smallest absolute Gasteiger partial charge is 0.322 e. The number of ether oxygens (including phenoxy) is 3. The van der Waals surface area contributed by atoms with Crippen molar-refractivity contribution in [2.24, 2.45) is 0 Å². The van der Waals surface area contributed by atoms with Gasteiger partial charge in [0.05, 0.1) is 25.2 Å². The van der Waals surface area contributed by atoms with Crippen molar-refractivity contribution in [3.8, 4) is 23.3 Å². The molecule has 3 aromatic rings. The molecule has 1 amide bonds. The predicted molar refractivity (Wildman–Crippen MR) is 95.7 cm³/mol. The Labute approximate surface area is 150 Å². The summed E-state index contributed by atoms with van der Waals surface area (Å²) in [7, 11) is 1.54. The lowest BCUT2D eigenvalue weighted by atomic mass is 10.3. The van der Waals surface area contributed by atoms with Crippen molar-refractivity contribution in [1.29, 1.82) is 0 Å². The quantitative estimate of drug-likeness (QED) is 0.703. The van der Waals surface area contributed by atoms with Gasteiger partial charge in [-0.3, -0.25) is 4.79 Å². The fourth-order valence-corrected chi connectivity index (χ4v) is 2.11. The van der Waals surface area contributed by atoms with Crippen LogP contribution in [0.2, 0.25) is 0 Å². The van der Waals surface area contributed by atoms with Crippen molar-refractivity contribution in [2.75, 3.05) is 19.0 Å². The molecule has 0 atom stereocenters. The van der Waals surface area contributed by atoms with E-state index in [1.165, 1.54) is 12.4 Å². The van der Waals surface area contributed by atoms with Crippen LogP contribution in [0.1, 0.15) is 0 Å². The van der Waals surface area contributed by atoms with Crippen LogP contribution in [0.15, 0.2) is 67.0 Å². The molecule has 0 aliphatic carbocycles. The Morgan fingerprint density at radius 1 is 0.962 bits per heavy atom. The molecule has 132 valence electrons. The van der Waals surface area contributed by atoms with Gasteiger partial charge in [0.15, 0.2) is 18.1 Å². The molecule has 0 aliphatic rings. The highest BCUT2D eigenvalue weighted by Gasteiger charge is 2.08. The first kappa shape index (κ1) is 17.2. The van der Waals surface area contributed by atoms with E-state index in [1.807, 2.05) is 24.3 Å². The van der Waals surface area contributed by atoms with Crippen LogP contribution in [0, 0.1) is 0 Å². The number of methoxy groups -OCH3 is 1. The standard InChI is InChI=1S/C19H17N3O4/c1-24-16-9-5-6-10-17(16)25-13-18(23)22-14-11-20-19(21-12-14)26-15-7-3-2-4-8-15/h2-12H,13H2,1H3,(H,22,23). The molecular formula is C19H17N3O4. The number of anilines is 1. The van der Waals surface area contributed by atoms with Crippen molar-refractivity contribution >= 4 is 11.6 Å². The number of rotatable bonds is 7. The van der Waals surface area contributed by atoms with Crippen LogP contribution in [0.25, 0.3) is 0 Å². The van der Waals surface area contributed by atoms with Crippen molar-refractivity contribution in [1.82, 2.24) is 9.97 Å². The van der Waals surface area contributed by atoms with Crippen LogP contribution in [0.5, 0.6) is 23.3 Å². The van der Waals surface area contributed by atoms with Gasteiger partial charge in [0.1, 0.15) is 5.75 Å². The van der Waals surface area contributed by atoms with E-state index in [4.69, 9.17) is 14.2 Å². The predicted octanol–water partition coefficient (Wildman–Crippen LogP) is 3.30. The number of hydrogen-bond acceptors (Lipinski definition) is 6. The highest BCUT2D eigenvalue weighted by molar-refractivity contribution is 5.91. The number of amides is 1. The first-order valence-electron chi connectivity index (χ1n) is 7.85. The van der Waals surface area contributed by atoms with Gasteiger partial charge in [0.2, 0.25) is 0 Å². The Kier molecular flexibility index (Phi) is 5.61. The molecule has 0 radical (unpaired) electrons. The van der Waals surface area contributed by atoms with E-state index in [0.29, 0.717) is 22.9 Å². The zero-order valence-electron chi connectivity index (χ0n) is 14.1. The highest BCUT2D eigenvalue weighted by Crippen LogP contribution is 2.25. The van der Waals surface area contributed by atoms with Crippen LogP contribution in [-0.2, 0) is 4.79 Å². The van der Waals surface area contributed by atoms with Gasteiger partial charge in [0, 0.05) is 0 Å². The van der Waals surface area contributed by atoms with Crippen LogP contribution < -0.4 is 19.5 Å². The number of carbonyl (C=O) groups excluding carboxylic acids is 1. The second-order valence-corrected chi connectivity index (χ2v) is 5.16. The molecule has 3 rings (SSSR count). The van der Waals surface area contributed by atoms with E-state index >= 15 is 0 Å². The third-order valence-electron chi connectivity index (χ3n) is 3.29. The summed E-state index contributed by atoms with van der Waals surface area (Å²) >= 11 is 0. The summed E-state index contributed by atoms with van der Waals surface area (Å²) < 4.78 is 16.1. The number of nitrogens with one attached hydrogen (secondary N) is 1. The summed E-state index contributed by atoms with van der Waals surface area (Å²) in [5.74, 6) is 1.35. The molecule has 0 unspecified atom stereocenters. The molecule has 0 bridgehead atoms. The lowest BCUT2D eigenvalue weighted by Crippen LogP contribution is -2.20. The minimum Gasteiger partial charge on any atom is -0.493 e. The maximum Gasteiger partial charge on any atom is 0.322 e. The Bertz CT molecular complexity index is 854. The average molecular weight is 351 g/mol. The highest BCUT2D eigenvalue weighted by atomic mass is 16.5. The van der Waals surface area contributed by atoms with E-state index in [0.717, 1.165) is 0 Å². The van der Waals surface area contributed by atoms with Gasteiger partial charge >= 0.3 is 6.01 Å². The van der Waals surface area contributed by atoms with Gasteiger partial charge in [-0.15, -0.1) is 0 Å². The molecule has 1 aromatic heterocycles. The minimum absolute atomic E-state index is 0.164. The number of para-hydroxylation sites is 3. The molecule has 0 fully saturated rings. The molecule has 0 spiro atoms. The molecule has 0 saturated carbocycles. The molecule has 7 nitrogen and oxygen atoms in total. The summed E-state index contributed by atoms with van der Waals surface area (Å²) in [6.07, 6.45) is 2.93. The number of carbonyl (C=O) groups is 1. The summed E-state index contributed by atoms with van der Waals surface area (Å²) in [6.45, 7) is -0.164. The first-order chi connectivity index (χ1) is 12.7. The van der Waals surface area contributed by atoms with Crippen LogP contribution in [0.4, 0.5) is 5.69 Å². The molecule has 0 saturated heterocycles. The lowest BCUT2D eigenvalue weighted by Gasteiger charge is -2.10. The molecule has 26 heavy (non-hydrogen) atoms. The molecule has 1 heterocycles. The third-order valence-corrected chi connectivity index (χ3v) is 3.29. The Hall–Kier alpha value is -3.61. The fraction of sp³-hybridized carbons (Fsp3) is 0.105. The normalized spacial score (nSPS) is 10.0. The van der Waals surface area contributed by atoms with Gasteiger partial charge in [-0.1, -0.05) is 30.3 Å². The van der Waals surface area contributed by atoms with Crippen molar-refractivity contribution in [3.63, 3.8) is 0 Å². The molecular weight excluding hydrogens is 334 g/mol. The lowest BCUT2D eigenvalue weighted by molar-refractivity contribution is -0.118. The minimum atomic E-state index is -0.337. The van der Waals surface area contributed by atoms with Crippen LogP contribution in [-0.4, -0.2) is 29.6 Å². The number of benzene rings is 2. The maximum atomic E-state index is 12.0. The SMILES string of the molecule is COc1ccccc1OCC(=O)Nc1cnc(Oc2ccccc2)nc1. The first-order valence-corrected chi connectivity index (χ1v) is 7.85. The van der Waals surface area contributed by atoms with Gasteiger partial charge in [-0.25, -0.2) is 9.97 Å². The number of nitrogens with zero attached hydrogens (tertiary/aromatic N) is 2. The maximum absolute atomic E-state index is 12.0. The fourth-order valence-electron chi connectivity index (χ4n) is 2.11. The zero-order chi connectivity index (χ0) is 18.2. The van der Waals surface area contributed by atoms with E-state index in [9.17, 15) is 4.79 Å². The molecule has 2 aromatic carbocycles. The van der Waals surface area contributed by atoms with Crippen molar-refractivity contribution in [2.45, 2.75) is 0 Å². The second kappa shape index (κ2) is 8.48. The summed E-state index contributed by atoms with van der Waals surface area (Å²) in [5.41, 5.74) is 0.444. The summed E-state index contributed by atoms with van der Waals surface area (Å²) in [6, 6.07) is 16.5. The monoisotopic (exact) mass is 351 g/mol. The van der Waals surface area contributed by atoms with E-state index in [2.05, 4.69) is 15.3 Å². The summed E-state index contributed by atoms with van der Waals surface area (Å²) in [4.78, 5) is 20.1. The summed E-state index contributed by atoms with van der Waals surface area (Å²) in [5, 5.41) is 2.66. The van der Waals surface area contributed by atoms with Gasteiger partial charge < -0.3 is 19.5 Å². The molecule has 1 N–H and O–H groups in total. The molecule has 0 aliphatic heterocycles. The van der Waals surface area contributed by atoms with E-state index in [1.54, 1.807) is 37.4 Å². The van der Waals surface area contributed by atoms with E-state index in [-0.39, 0.29) is 18.5 Å². The van der Waals surface area contributed by atoms with Crippen molar-refractivity contribution < 1.29 is 19.0 Å². The van der Waals surface area contributed by atoms with Gasteiger partial charge in [0.25, 0.3) is 5.91 Å². The van der Waals surface area contributed by atoms with Crippen LogP contribution in [0.3, 0.4) is 0 Å². The van der Waals surface area contributed by atoms with Gasteiger partial charge in [-0.05, 0) is 24.3 Å². The van der Waals surface area contributed by atoms with Gasteiger partial charge in [-0.2, -0.15) is 0 Å². The zero-order valence-corrected chi connectivity index (χ0v) is 14.1. The largest absolute Gasteiger partial charge is 0.493 e. The third kappa shape index (κ3) is 4.70. The topological polar surface area (TPSA) is 82.6 Å². The van der Waals surface area contributed by atoms with E-state index < -0.39 is 0 Å². The molecule has 7 heteroatoms. The van der Waals surface area contributed by atoms with Crippen LogP contribution >= 0.6 is 0 Å². The Balaban J connectivity index is 1.53. The second-order valence-electron chi connectivity index (χ2n) is 5.16. The average Bonchev–Trinajstić information content (AvgIpc) is 2.69. The Morgan fingerprint density at radius 3 is 2.31 bits per heavy atom.